The molecule has 2 amide bonds. The second kappa shape index (κ2) is 9.07. The highest BCUT2D eigenvalue weighted by Crippen LogP contribution is 2.13. The monoisotopic (exact) mass is 306 g/mol. The van der Waals surface area contributed by atoms with Crippen molar-refractivity contribution >= 4 is 11.8 Å². The van der Waals surface area contributed by atoms with E-state index < -0.39 is 0 Å². The van der Waals surface area contributed by atoms with Gasteiger partial charge in [-0.15, -0.1) is 0 Å². The fourth-order valence-corrected chi connectivity index (χ4v) is 2.04. The molecular weight excluding hydrogens is 280 g/mol. The van der Waals surface area contributed by atoms with Crippen molar-refractivity contribution in [1.29, 1.82) is 0 Å². The maximum Gasteiger partial charge on any atom is 0.239 e. The number of amides is 2. The standard InChI is InChI=1S/C17H26N2O3/c1-5-13(2)18-17(21)12-19(14(3)20)10-9-15-7-6-8-16(11-15)22-4/h6-8,11,13H,5,9-10,12H2,1-4H3,(H,18,21). The second-order valence-electron chi connectivity index (χ2n) is 5.42. The minimum atomic E-state index is -0.116. The fourth-order valence-electron chi connectivity index (χ4n) is 2.04. The Labute approximate surface area is 132 Å². The number of nitrogens with one attached hydrogen (secondary N) is 1. The number of benzene rings is 1. The molecule has 0 bridgehead atoms. The van der Waals surface area contributed by atoms with Crippen LogP contribution in [0.1, 0.15) is 32.8 Å². The Kier molecular flexibility index (Phi) is 7.43. The summed E-state index contributed by atoms with van der Waals surface area (Å²) < 4.78 is 5.19. The van der Waals surface area contributed by atoms with Gasteiger partial charge in [-0.2, -0.15) is 0 Å². The van der Waals surface area contributed by atoms with E-state index in [1.165, 1.54) is 6.92 Å². The van der Waals surface area contributed by atoms with Crippen LogP contribution in [-0.4, -0.2) is 43.0 Å². The number of hydrogen-bond acceptors (Lipinski definition) is 3. The van der Waals surface area contributed by atoms with E-state index in [4.69, 9.17) is 4.74 Å². The molecule has 1 atom stereocenters. The van der Waals surface area contributed by atoms with Crippen molar-refractivity contribution in [3.63, 3.8) is 0 Å². The van der Waals surface area contributed by atoms with Crippen LogP contribution < -0.4 is 10.1 Å². The molecule has 0 aliphatic heterocycles. The zero-order chi connectivity index (χ0) is 16.5. The van der Waals surface area contributed by atoms with Gasteiger partial charge >= 0.3 is 0 Å². The lowest BCUT2D eigenvalue weighted by Crippen LogP contribution is -2.43. The molecule has 1 rings (SSSR count). The number of carbonyl (C=O) groups is 2. The van der Waals surface area contributed by atoms with E-state index in [-0.39, 0.29) is 24.4 Å². The molecule has 1 aromatic carbocycles. The summed E-state index contributed by atoms with van der Waals surface area (Å²) in [7, 11) is 1.63. The Morgan fingerprint density at radius 3 is 2.68 bits per heavy atom. The summed E-state index contributed by atoms with van der Waals surface area (Å²) in [5.74, 6) is 0.582. The normalized spacial score (nSPS) is 11.6. The van der Waals surface area contributed by atoms with Crippen molar-refractivity contribution < 1.29 is 14.3 Å². The molecule has 0 saturated heterocycles. The van der Waals surface area contributed by atoms with Gasteiger partial charge in [-0.3, -0.25) is 9.59 Å². The number of hydrogen-bond donors (Lipinski definition) is 1. The average molecular weight is 306 g/mol. The van der Waals surface area contributed by atoms with E-state index in [1.54, 1.807) is 12.0 Å². The molecule has 0 aliphatic rings. The SMILES string of the molecule is CCC(C)NC(=O)CN(CCc1cccc(OC)c1)C(C)=O. The first-order valence-corrected chi connectivity index (χ1v) is 7.64. The molecule has 122 valence electrons. The molecule has 0 aromatic heterocycles. The van der Waals surface area contributed by atoms with Crippen LogP contribution in [0.25, 0.3) is 0 Å². The Balaban J connectivity index is 2.57. The van der Waals surface area contributed by atoms with Gasteiger partial charge in [-0.05, 0) is 37.5 Å². The molecular formula is C17H26N2O3. The second-order valence-corrected chi connectivity index (χ2v) is 5.42. The third-order valence-corrected chi connectivity index (χ3v) is 3.60. The molecule has 1 N–H and O–H groups in total. The molecule has 1 unspecified atom stereocenters. The summed E-state index contributed by atoms with van der Waals surface area (Å²) in [6.45, 7) is 6.06. The highest BCUT2D eigenvalue weighted by atomic mass is 16.5. The molecule has 0 aliphatic carbocycles. The van der Waals surface area contributed by atoms with Crippen LogP contribution in [0.3, 0.4) is 0 Å². The van der Waals surface area contributed by atoms with Gasteiger partial charge in [-0.1, -0.05) is 19.1 Å². The van der Waals surface area contributed by atoms with Gasteiger partial charge < -0.3 is 15.0 Å². The molecule has 0 heterocycles. The first-order chi connectivity index (χ1) is 10.5. The molecule has 5 nitrogen and oxygen atoms in total. The smallest absolute Gasteiger partial charge is 0.239 e. The predicted octanol–water partition coefficient (Wildman–Crippen LogP) is 2.00. The number of ether oxygens (including phenoxy) is 1. The number of methoxy groups -OCH3 is 1. The summed E-state index contributed by atoms with van der Waals surface area (Å²) >= 11 is 0. The number of nitrogens with zero attached hydrogens (tertiary/aromatic N) is 1. The maximum atomic E-state index is 11.9. The van der Waals surface area contributed by atoms with E-state index in [0.717, 1.165) is 17.7 Å². The van der Waals surface area contributed by atoms with Crippen LogP contribution in [-0.2, 0) is 16.0 Å². The largest absolute Gasteiger partial charge is 0.497 e. The minimum absolute atomic E-state index is 0.0952. The first-order valence-electron chi connectivity index (χ1n) is 7.64. The van der Waals surface area contributed by atoms with E-state index in [9.17, 15) is 9.59 Å². The number of carbonyl (C=O) groups excluding carboxylic acids is 2. The van der Waals surface area contributed by atoms with Crippen molar-refractivity contribution in [2.75, 3.05) is 20.2 Å². The van der Waals surface area contributed by atoms with Crippen molar-refractivity contribution in [3.05, 3.63) is 29.8 Å². The lowest BCUT2D eigenvalue weighted by molar-refractivity contribution is -0.134. The van der Waals surface area contributed by atoms with E-state index >= 15 is 0 Å². The maximum absolute atomic E-state index is 11.9. The van der Waals surface area contributed by atoms with Gasteiger partial charge in [0.15, 0.2) is 0 Å². The molecule has 5 heteroatoms. The van der Waals surface area contributed by atoms with Crippen LogP contribution in [0.2, 0.25) is 0 Å². The zero-order valence-corrected chi connectivity index (χ0v) is 13.9. The van der Waals surface area contributed by atoms with Crippen molar-refractivity contribution in [2.24, 2.45) is 0 Å². The summed E-state index contributed by atoms with van der Waals surface area (Å²) in [6, 6.07) is 7.85. The van der Waals surface area contributed by atoms with E-state index in [0.29, 0.717) is 13.0 Å². The Hall–Kier alpha value is -2.04. The van der Waals surface area contributed by atoms with Gasteiger partial charge in [0.05, 0.1) is 13.7 Å². The third-order valence-electron chi connectivity index (χ3n) is 3.60. The van der Waals surface area contributed by atoms with Crippen molar-refractivity contribution in [3.8, 4) is 5.75 Å². The van der Waals surface area contributed by atoms with Crippen LogP contribution in [0, 0.1) is 0 Å². The Bertz CT molecular complexity index is 502. The van der Waals surface area contributed by atoms with Gasteiger partial charge in [-0.25, -0.2) is 0 Å². The Morgan fingerprint density at radius 2 is 2.09 bits per heavy atom. The highest BCUT2D eigenvalue weighted by Gasteiger charge is 2.14. The average Bonchev–Trinajstić information content (AvgIpc) is 2.51. The van der Waals surface area contributed by atoms with Crippen LogP contribution >= 0.6 is 0 Å². The molecule has 1 aromatic rings. The third kappa shape index (κ3) is 6.16. The lowest BCUT2D eigenvalue weighted by Gasteiger charge is -2.22. The fraction of sp³-hybridized carbons (Fsp3) is 0.529. The summed E-state index contributed by atoms with van der Waals surface area (Å²) in [4.78, 5) is 25.2. The molecule has 0 radical (unpaired) electrons. The van der Waals surface area contributed by atoms with Gasteiger partial charge in [0.2, 0.25) is 11.8 Å². The van der Waals surface area contributed by atoms with Crippen LogP contribution in [0.4, 0.5) is 0 Å². The highest BCUT2D eigenvalue weighted by molar-refractivity contribution is 5.83. The first kappa shape index (κ1) is 18.0. The Morgan fingerprint density at radius 1 is 1.36 bits per heavy atom. The summed E-state index contributed by atoms with van der Waals surface area (Å²) in [6.07, 6.45) is 1.56. The molecule has 0 spiro atoms. The van der Waals surface area contributed by atoms with Gasteiger partial charge in [0.1, 0.15) is 5.75 Å². The molecule has 0 saturated carbocycles. The summed E-state index contributed by atoms with van der Waals surface area (Å²) in [5, 5.41) is 2.88. The van der Waals surface area contributed by atoms with E-state index in [1.807, 2.05) is 38.1 Å². The molecule has 0 fully saturated rings. The summed E-state index contributed by atoms with van der Waals surface area (Å²) in [5.41, 5.74) is 1.08. The van der Waals surface area contributed by atoms with Crippen LogP contribution in [0.5, 0.6) is 5.75 Å². The minimum Gasteiger partial charge on any atom is -0.497 e. The lowest BCUT2D eigenvalue weighted by atomic mass is 10.1. The molecule has 22 heavy (non-hydrogen) atoms. The topological polar surface area (TPSA) is 58.6 Å². The van der Waals surface area contributed by atoms with Gasteiger partial charge in [0.25, 0.3) is 0 Å². The quantitative estimate of drug-likeness (QED) is 0.799. The predicted molar refractivity (Wildman–Crippen MR) is 86.8 cm³/mol. The van der Waals surface area contributed by atoms with Gasteiger partial charge in [0, 0.05) is 19.5 Å². The van der Waals surface area contributed by atoms with E-state index in [2.05, 4.69) is 5.32 Å². The van der Waals surface area contributed by atoms with Crippen molar-refractivity contribution in [2.45, 2.75) is 39.7 Å². The van der Waals surface area contributed by atoms with Crippen LogP contribution in [0.15, 0.2) is 24.3 Å². The van der Waals surface area contributed by atoms with Crippen molar-refractivity contribution in [1.82, 2.24) is 10.2 Å². The zero-order valence-electron chi connectivity index (χ0n) is 13.9. The number of rotatable bonds is 8.